The number of carbonyl (C=O) groups is 2. The summed E-state index contributed by atoms with van der Waals surface area (Å²) >= 11 is 0. The monoisotopic (exact) mass is 290 g/mol. The van der Waals surface area contributed by atoms with Crippen molar-refractivity contribution in [2.45, 2.75) is 50.4 Å². The molecule has 3 atom stereocenters. The number of rotatable bonds is 4. The molecular weight excluding hydrogens is 272 g/mol. The maximum Gasteiger partial charge on any atom is 0.373 e. The number of ether oxygens (including phenoxy) is 2. The van der Waals surface area contributed by atoms with Crippen molar-refractivity contribution in [3.05, 3.63) is 0 Å². The molecule has 0 saturated carbocycles. The number of hydrogen-bond acceptors (Lipinski definition) is 8. The first-order valence-electron chi connectivity index (χ1n) is 5.99. The van der Waals surface area contributed by atoms with E-state index in [2.05, 4.69) is 4.74 Å². The minimum absolute atomic E-state index is 0.0434. The van der Waals surface area contributed by atoms with Crippen LogP contribution in [0.4, 0.5) is 0 Å². The van der Waals surface area contributed by atoms with Crippen molar-refractivity contribution in [3.63, 3.8) is 0 Å². The SMILES string of the molecule is CCCC[C@@]1(O)C(=O)O[C@@H](C)[C@]1(O)C(=O)OC.O=C=O. The average molecular weight is 290 g/mol. The summed E-state index contributed by atoms with van der Waals surface area (Å²) in [4.78, 5) is 39.5. The van der Waals surface area contributed by atoms with E-state index in [0.717, 1.165) is 7.11 Å². The topological polar surface area (TPSA) is 127 Å². The van der Waals surface area contributed by atoms with Crippen molar-refractivity contribution in [2.75, 3.05) is 7.11 Å². The van der Waals surface area contributed by atoms with Crippen LogP contribution in [-0.2, 0) is 28.7 Å². The summed E-state index contributed by atoms with van der Waals surface area (Å²) in [5.74, 6) is -2.04. The summed E-state index contributed by atoms with van der Waals surface area (Å²) in [6, 6.07) is 0. The van der Waals surface area contributed by atoms with Crippen molar-refractivity contribution < 1.29 is 38.9 Å². The van der Waals surface area contributed by atoms with Crippen LogP contribution in [0.2, 0.25) is 0 Å². The number of cyclic esters (lactones) is 1. The Hall–Kier alpha value is -1.76. The molecule has 0 aliphatic carbocycles. The van der Waals surface area contributed by atoms with E-state index in [1.54, 1.807) is 0 Å². The normalized spacial score (nSPS) is 31.6. The smallest absolute Gasteiger partial charge is 0.373 e. The van der Waals surface area contributed by atoms with Crippen LogP contribution in [0.1, 0.15) is 33.1 Å². The van der Waals surface area contributed by atoms with Crippen LogP contribution in [0, 0.1) is 0 Å². The Labute approximate surface area is 115 Å². The predicted octanol–water partition coefficient (Wildman–Crippen LogP) is -0.826. The molecule has 8 heteroatoms. The van der Waals surface area contributed by atoms with Gasteiger partial charge in [0.2, 0.25) is 11.2 Å². The number of esters is 2. The van der Waals surface area contributed by atoms with Crippen LogP contribution >= 0.6 is 0 Å². The highest BCUT2D eigenvalue weighted by atomic mass is 16.6. The second-order valence-electron chi connectivity index (χ2n) is 4.35. The van der Waals surface area contributed by atoms with Gasteiger partial charge >= 0.3 is 18.1 Å². The molecule has 0 spiro atoms. The fourth-order valence-electron chi connectivity index (χ4n) is 2.05. The zero-order chi connectivity index (χ0) is 16.0. The van der Waals surface area contributed by atoms with Gasteiger partial charge in [-0.2, -0.15) is 9.59 Å². The summed E-state index contributed by atoms with van der Waals surface area (Å²) < 4.78 is 9.22. The molecule has 0 aromatic rings. The number of aliphatic hydroxyl groups is 2. The first kappa shape index (κ1) is 18.2. The van der Waals surface area contributed by atoms with E-state index in [4.69, 9.17) is 14.3 Å². The lowest BCUT2D eigenvalue weighted by Crippen LogP contribution is -2.62. The third kappa shape index (κ3) is 2.87. The van der Waals surface area contributed by atoms with Crippen LogP contribution in [-0.4, -0.2) is 52.7 Å². The van der Waals surface area contributed by atoms with Gasteiger partial charge in [-0.3, -0.25) is 0 Å². The first-order valence-corrected chi connectivity index (χ1v) is 5.99. The van der Waals surface area contributed by atoms with Gasteiger partial charge in [0.05, 0.1) is 7.11 Å². The van der Waals surface area contributed by atoms with Gasteiger partial charge in [0, 0.05) is 0 Å². The van der Waals surface area contributed by atoms with Crippen molar-refractivity contribution in [2.24, 2.45) is 0 Å². The Bertz CT molecular complexity index is 400. The van der Waals surface area contributed by atoms with Crippen LogP contribution < -0.4 is 0 Å². The summed E-state index contributed by atoms with van der Waals surface area (Å²) in [5, 5.41) is 20.5. The molecule has 114 valence electrons. The van der Waals surface area contributed by atoms with Gasteiger partial charge in [0.25, 0.3) is 0 Å². The number of carbonyl (C=O) groups excluding carboxylic acids is 4. The van der Waals surface area contributed by atoms with E-state index in [1.165, 1.54) is 6.92 Å². The van der Waals surface area contributed by atoms with Crippen LogP contribution in [0.25, 0.3) is 0 Å². The number of methoxy groups -OCH3 is 1. The highest BCUT2D eigenvalue weighted by Crippen LogP contribution is 2.40. The summed E-state index contributed by atoms with van der Waals surface area (Å²) in [6.07, 6.45) is 0.265. The second-order valence-corrected chi connectivity index (χ2v) is 4.35. The molecule has 0 radical (unpaired) electrons. The number of hydrogen-bond donors (Lipinski definition) is 2. The fraction of sp³-hybridized carbons (Fsp3) is 0.750. The molecule has 0 aromatic heterocycles. The fourth-order valence-corrected chi connectivity index (χ4v) is 2.05. The summed E-state index contributed by atoms with van der Waals surface area (Å²) in [6.45, 7) is 3.21. The Morgan fingerprint density at radius 3 is 2.35 bits per heavy atom. The number of unbranched alkanes of at least 4 members (excludes halogenated alkanes) is 1. The molecule has 0 unspecified atom stereocenters. The molecule has 0 bridgehead atoms. The molecule has 0 aromatic carbocycles. The van der Waals surface area contributed by atoms with Gasteiger partial charge in [-0.05, 0) is 13.3 Å². The molecular formula is C12H18O8. The van der Waals surface area contributed by atoms with Gasteiger partial charge in [-0.15, -0.1) is 0 Å². The first-order chi connectivity index (χ1) is 9.25. The van der Waals surface area contributed by atoms with Gasteiger partial charge in [0.1, 0.15) is 6.10 Å². The Morgan fingerprint density at radius 1 is 1.45 bits per heavy atom. The van der Waals surface area contributed by atoms with E-state index in [-0.39, 0.29) is 12.6 Å². The molecule has 2 N–H and O–H groups in total. The van der Waals surface area contributed by atoms with Crippen molar-refractivity contribution in [3.8, 4) is 0 Å². The highest BCUT2D eigenvalue weighted by Gasteiger charge is 2.70. The van der Waals surface area contributed by atoms with E-state index in [9.17, 15) is 19.8 Å². The largest absolute Gasteiger partial charge is 0.467 e. The minimum atomic E-state index is -2.34. The molecule has 8 nitrogen and oxygen atoms in total. The summed E-state index contributed by atoms with van der Waals surface area (Å²) in [7, 11) is 1.08. The lowest BCUT2D eigenvalue weighted by atomic mass is 9.78. The van der Waals surface area contributed by atoms with Crippen LogP contribution in [0.15, 0.2) is 0 Å². The molecule has 1 fully saturated rings. The maximum atomic E-state index is 11.6. The molecule has 1 aliphatic heterocycles. The van der Waals surface area contributed by atoms with E-state index in [0.29, 0.717) is 12.8 Å². The highest BCUT2D eigenvalue weighted by molar-refractivity contribution is 5.96. The lowest BCUT2D eigenvalue weighted by molar-refractivity contribution is -0.193. The maximum absolute atomic E-state index is 11.6. The van der Waals surface area contributed by atoms with Crippen LogP contribution in [0.5, 0.6) is 0 Å². The Morgan fingerprint density at radius 2 is 1.95 bits per heavy atom. The van der Waals surface area contributed by atoms with E-state index >= 15 is 0 Å². The third-order valence-corrected chi connectivity index (χ3v) is 3.23. The van der Waals surface area contributed by atoms with Gasteiger partial charge in [-0.25, -0.2) is 9.59 Å². The molecule has 1 heterocycles. The lowest BCUT2D eigenvalue weighted by Gasteiger charge is -2.32. The average Bonchev–Trinajstić information content (AvgIpc) is 2.58. The molecule has 1 rings (SSSR count). The zero-order valence-corrected chi connectivity index (χ0v) is 11.5. The molecule has 20 heavy (non-hydrogen) atoms. The van der Waals surface area contributed by atoms with Crippen molar-refractivity contribution in [1.29, 1.82) is 0 Å². The van der Waals surface area contributed by atoms with Crippen molar-refractivity contribution >= 4 is 18.1 Å². The molecule has 0 amide bonds. The Balaban J connectivity index is 0.00000110. The predicted molar refractivity (Wildman–Crippen MR) is 62.0 cm³/mol. The quantitative estimate of drug-likeness (QED) is 0.642. The van der Waals surface area contributed by atoms with Gasteiger partial charge < -0.3 is 19.7 Å². The van der Waals surface area contributed by atoms with Crippen molar-refractivity contribution in [1.82, 2.24) is 0 Å². The van der Waals surface area contributed by atoms with Crippen LogP contribution in [0.3, 0.4) is 0 Å². The van der Waals surface area contributed by atoms with Gasteiger partial charge in [-0.1, -0.05) is 19.8 Å². The zero-order valence-electron chi connectivity index (χ0n) is 11.5. The summed E-state index contributed by atoms with van der Waals surface area (Å²) in [5.41, 5.74) is -4.57. The minimum Gasteiger partial charge on any atom is -0.467 e. The standard InChI is InChI=1S/C11H18O6.CO2/c1-4-5-6-10(14)8(12)17-7(2)11(10,15)9(13)16-3;2-1-3/h7,14-15H,4-6H2,1-3H3;/t7-,10+,11-;/m0./s1. The molecule has 1 aliphatic rings. The van der Waals surface area contributed by atoms with E-state index in [1.807, 2.05) is 6.92 Å². The van der Waals surface area contributed by atoms with E-state index < -0.39 is 29.2 Å². The second kappa shape index (κ2) is 7.14. The third-order valence-electron chi connectivity index (χ3n) is 3.23. The van der Waals surface area contributed by atoms with Gasteiger partial charge in [0.15, 0.2) is 0 Å². The Kier molecular flexibility index (Phi) is 6.51. The molecule has 1 saturated heterocycles.